The topological polar surface area (TPSA) is 87.3 Å². The number of thiocarbonyl (C=S) groups is 1. The van der Waals surface area contributed by atoms with E-state index in [2.05, 4.69) is 26.5 Å². The number of benzene rings is 1. The number of carbonyl (C=O) groups excluding carboxylic acids is 1. The molecule has 1 amide bonds. The highest BCUT2D eigenvalue weighted by Gasteiger charge is 2.17. The maximum atomic E-state index is 12.2. The molecule has 0 spiro atoms. The molecule has 0 unspecified atom stereocenters. The molecule has 0 radical (unpaired) electrons. The van der Waals surface area contributed by atoms with Gasteiger partial charge in [0.2, 0.25) is 0 Å². The molecule has 25 heavy (non-hydrogen) atoms. The Balaban J connectivity index is 1.41. The Bertz CT molecular complexity index is 712. The van der Waals surface area contributed by atoms with Crippen molar-refractivity contribution in [3.05, 3.63) is 24.3 Å². The van der Waals surface area contributed by atoms with Crippen molar-refractivity contribution < 1.29 is 9.53 Å². The lowest BCUT2D eigenvalue weighted by molar-refractivity contribution is -0.122. The van der Waals surface area contributed by atoms with Crippen LogP contribution in [-0.4, -0.2) is 41.3 Å². The molecular formula is C16H21N5O2S2. The van der Waals surface area contributed by atoms with Crippen molar-refractivity contribution in [2.24, 2.45) is 0 Å². The first-order valence-electron chi connectivity index (χ1n) is 8.19. The summed E-state index contributed by atoms with van der Waals surface area (Å²) in [6, 6.07) is 7.41. The van der Waals surface area contributed by atoms with Crippen molar-refractivity contribution in [3.63, 3.8) is 0 Å². The van der Waals surface area contributed by atoms with Gasteiger partial charge in [0.25, 0.3) is 5.91 Å². The fourth-order valence-corrected chi connectivity index (χ4v) is 3.55. The number of aromatic nitrogens is 1. The van der Waals surface area contributed by atoms with Gasteiger partial charge in [-0.15, -0.1) is 0 Å². The molecule has 3 rings (SSSR count). The molecule has 9 heteroatoms. The number of thiazole rings is 1. The van der Waals surface area contributed by atoms with E-state index in [1.54, 1.807) is 6.92 Å². The molecule has 1 aliphatic rings. The minimum atomic E-state index is -0.450. The zero-order valence-electron chi connectivity index (χ0n) is 13.9. The monoisotopic (exact) mass is 379 g/mol. The summed E-state index contributed by atoms with van der Waals surface area (Å²) >= 11 is 6.66. The van der Waals surface area contributed by atoms with Gasteiger partial charge in [-0.25, -0.2) is 4.98 Å². The quantitative estimate of drug-likeness (QED) is 0.465. The number of hydrogen-bond acceptors (Lipinski definition) is 6. The first kappa shape index (κ1) is 17.8. The molecule has 1 aliphatic heterocycles. The predicted molar refractivity (Wildman–Crippen MR) is 104 cm³/mol. The van der Waals surface area contributed by atoms with E-state index >= 15 is 0 Å². The summed E-state index contributed by atoms with van der Waals surface area (Å²) in [5.74, 6) is -0.222. The Morgan fingerprint density at radius 3 is 3.04 bits per heavy atom. The second-order valence-corrected chi connectivity index (χ2v) is 7.25. The summed E-state index contributed by atoms with van der Waals surface area (Å²) < 4.78 is 6.58. The second-order valence-electron chi connectivity index (χ2n) is 5.81. The molecule has 2 heterocycles. The van der Waals surface area contributed by atoms with E-state index in [1.165, 1.54) is 11.3 Å². The van der Waals surface area contributed by atoms with Crippen molar-refractivity contribution in [1.29, 1.82) is 0 Å². The van der Waals surface area contributed by atoms with Gasteiger partial charge < -0.3 is 15.4 Å². The van der Waals surface area contributed by atoms with Crippen LogP contribution in [0.15, 0.2) is 24.3 Å². The van der Waals surface area contributed by atoms with E-state index in [9.17, 15) is 4.79 Å². The van der Waals surface area contributed by atoms with Crippen LogP contribution in [0.25, 0.3) is 10.2 Å². The van der Waals surface area contributed by atoms with E-state index in [0.29, 0.717) is 16.8 Å². The fourth-order valence-electron chi connectivity index (χ4n) is 2.47. The van der Waals surface area contributed by atoms with Gasteiger partial charge in [-0.05, 0) is 44.1 Å². The van der Waals surface area contributed by atoms with Crippen LogP contribution >= 0.6 is 23.6 Å². The summed E-state index contributed by atoms with van der Waals surface area (Å²) in [7, 11) is 0. The summed E-state index contributed by atoms with van der Waals surface area (Å²) in [6.45, 7) is 3.21. The smallest absolute Gasteiger partial charge is 0.260 e. The van der Waals surface area contributed by atoms with Crippen LogP contribution in [0.2, 0.25) is 0 Å². The van der Waals surface area contributed by atoms with E-state index in [0.717, 1.165) is 29.7 Å². The molecule has 0 aliphatic carbocycles. The number of hydrazine groups is 1. The maximum Gasteiger partial charge on any atom is 0.260 e. The zero-order valence-corrected chi connectivity index (χ0v) is 15.5. The van der Waals surface area contributed by atoms with E-state index in [-0.39, 0.29) is 12.0 Å². The third kappa shape index (κ3) is 5.00. The van der Waals surface area contributed by atoms with Gasteiger partial charge >= 0.3 is 0 Å². The average molecular weight is 380 g/mol. The SMILES string of the molecule is C[C@H](Nc1nc2ccccc2s1)C(=O)NNC(=S)NC[C@@H]1CCCO1. The molecular weight excluding hydrogens is 358 g/mol. The van der Waals surface area contributed by atoms with Crippen LogP contribution in [-0.2, 0) is 9.53 Å². The molecule has 1 aromatic carbocycles. The highest BCUT2D eigenvalue weighted by molar-refractivity contribution is 7.80. The number of ether oxygens (including phenoxy) is 1. The number of para-hydroxylation sites is 1. The van der Waals surface area contributed by atoms with Gasteiger partial charge in [0.05, 0.1) is 16.3 Å². The molecule has 4 N–H and O–H groups in total. The minimum Gasteiger partial charge on any atom is -0.376 e. The van der Waals surface area contributed by atoms with Gasteiger partial charge in [0, 0.05) is 13.2 Å². The van der Waals surface area contributed by atoms with Crippen molar-refractivity contribution in [3.8, 4) is 0 Å². The summed E-state index contributed by atoms with van der Waals surface area (Å²) in [4.78, 5) is 16.6. The van der Waals surface area contributed by atoms with Crippen molar-refractivity contribution in [2.75, 3.05) is 18.5 Å². The number of carbonyl (C=O) groups is 1. The average Bonchev–Trinajstić information content (AvgIpc) is 3.26. The first-order chi connectivity index (χ1) is 12.1. The van der Waals surface area contributed by atoms with E-state index in [1.807, 2.05) is 24.3 Å². The second kappa shape index (κ2) is 8.41. The third-order valence-electron chi connectivity index (χ3n) is 3.84. The molecule has 0 saturated carbocycles. The number of amides is 1. The maximum absolute atomic E-state index is 12.2. The first-order valence-corrected chi connectivity index (χ1v) is 9.41. The summed E-state index contributed by atoms with van der Waals surface area (Å²) in [6.07, 6.45) is 2.30. The number of hydrogen-bond donors (Lipinski definition) is 4. The van der Waals surface area contributed by atoms with Gasteiger partial charge in [-0.2, -0.15) is 0 Å². The highest BCUT2D eigenvalue weighted by atomic mass is 32.1. The normalized spacial score (nSPS) is 17.9. The Labute approximate surface area is 155 Å². The zero-order chi connectivity index (χ0) is 17.6. The number of fused-ring (bicyclic) bond motifs is 1. The number of anilines is 1. The van der Waals surface area contributed by atoms with Crippen molar-refractivity contribution in [2.45, 2.75) is 31.9 Å². The lowest BCUT2D eigenvalue weighted by Gasteiger charge is -2.17. The van der Waals surface area contributed by atoms with Gasteiger partial charge in [0.1, 0.15) is 6.04 Å². The molecule has 2 aromatic rings. The summed E-state index contributed by atoms with van der Waals surface area (Å²) in [5.41, 5.74) is 6.22. The van der Waals surface area contributed by atoms with Crippen LogP contribution in [0.3, 0.4) is 0 Å². The molecule has 2 atom stereocenters. The van der Waals surface area contributed by atoms with Crippen molar-refractivity contribution in [1.82, 2.24) is 21.2 Å². The lowest BCUT2D eigenvalue weighted by atomic mass is 10.2. The predicted octanol–water partition coefficient (Wildman–Crippen LogP) is 1.77. The Morgan fingerprint density at radius 1 is 1.44 bits per heavy atom. The molecule has 134 valence electrons. The highest BCUT2D eigenvalue weighted by Crippen LogP contribution is 2.25. The number of rotatable bonds is 5. The van der Waals surface area contributed by atoms with E-state index in [4.69, 9.17) is 17.0 Å². The molecule has 7 nitrogen and oxygen atoms in total. The van der Waals surface area contributed by atoms with E-state index < -0.39 is 6.04 Å². The largest absolute Gasteiger partial charge is 0.376 e. The van der Waals surface area contributed by atoms with Crippen LogP contribution in [0.5, 0.6) is 0 Å². The van der Waals surface area contributed by atoms with Crippen LogP contribution in [0, 0.1) is 0 Å². The molecule has 0 bridgehead atoms. The fraction of sp³-hybridized carbons (Fsp3) is 0.438. The number of nitrogens with one attached hydrogen (secondary N) is 4. The lowest BCUT2D eigenvalue weighted by Crippen LogP contribution is -2.51. The molecule has 1 aromatic heterocycles. The van der Waals surface area contributed by atoms with Gasteiger partial charge in [-0.3, -0.25) is 15.6 Å². The number of nitrogens with zero attached hydrogens (tertiary/aromatic N) is 1. The van der Waals surface area contributed by atoms with Crippen molar-refractivity contribution >= 4 is 49.9 Å². The van der Waals surface area contributed by atoms with Gasteiger partial charge in [0.15, 0.2) is 10.2 Å². The van der Waals surface area contributed by atoms with Crippen LogP contribution in [0.4, 0.5) is 5.13 Å². The Morgan fingerprint density at radius 2 is 2.28 bits per heavy atom. The summed E-state index contributed by atoms with van der Waals surface area (Å²) in [5, 5.41) is 7.22. The standard InChI is InChI=1S/C16H21N5O2S2/c1-10(18-16-19-12-6-2-3-7-13(12)25-16)14(22)20-21-15(24)17-9-11-5-4-8-23-11/h2-3,6-7,10-11H,4-5,8-9H2,1H3,(H,18,19)(H,20,22)(H2,17,21,24)/t10-,11-/m0/s1. The Kier molecular flexibility index (Phi) is 6.00. The van der Waals surface area contributed by atoms with Crippen LogP contribution in [0.1, 0.15) is 19.8 Å². The third-order valence-corrected chi connectivity index (χ3v) is 5.05. The van der Waals surface area contributed by atoms with Crippen LogP contribution < -0.4 is 21.5 Å². The molecule has 1 fully saturated rings. The Hall–Kier alpha value is -1.97. The van der Waals surface area contributed by atoms with Gasteiger partial charge in [-0.1, -0.05) is 23.5 Å². The molecule has 1 saturated heterocycles. The minimum absolute atomic E-state index is 0.190.